The van der Waals surface area contributed by atoms with Gasteiger partial charge in [0.1, 0.15) is 5.01 Å². The van der Waals surface area contributed by atoms with Crippen molar-refractivity contribution in [2.45, 2.75) is 25.4 Å². The van der Waals surface area contributed by atoms with Crippen LogP contribution in [0.2, 0.25) is 0 Å². The zero-order valence-electron chi connectivity index (χ0n) is 14.6. The number of aromatic nitrogens is 1. The first kappa shape index (κ1) is 17.4. The van der Waals surface area contributed by atoms with E-state index < -0.39 is 0 Å². The standard InChI is InChI=1S/C20H21N3OS2/c1-21-19(24)18-10-9-17(26-18)16-8-5-11-23(16)13-15-12-22-20(25-15)14-6-3-2-4-7-14/h2-4,6-7,9-10,12,16H,5,8,11,13H2,1H3,(H,21,24)/t16-/m0/s1. The van der Waals surface area contributed by atoms with Crippen molar-refractivity contribution in [3.63, 3.8) is 0 Å². The van der Waals surface area contributed by atoms with E-state index >= 15 is 0 Å². The van der Waals surface area contributed by atoms with Crippen LogP contribution in [0.5, 0.6) is 0 Å². The van der Waals surface area contributed by atoms with E-state index in [1.165, 1.54) is 21.7 Å². The number of hydrogen-bond acceptors (Lipinski definition) is 5. The lowest BCUT2D eigenvalue weighted by atomic mass is 10.2. The molecule has 3 heterocycles. The lowest BCUT2D eigenvalue weighted by Crippen LogP contribution is -2.21. The predicted molar refractivity (Wildman–Crippen MR) is 108 cm³/mol. The average Bonchev–Trinajstić information content (AvgIpc) is 3.42. The molecule has 1 aromatic carbocycles. The number of carbonyl (C=O) groups is 1. The molecule has 4 rings (SSSR count). The van der Waals surface area contributed by atoms with Gasteiger partial charge in [-0.15, -0.1) is 22.7 Å². The molecule has 1 amide bonds. The van der Waals surface area contributed by atoms with E-state index in [-0.39, 0.29) is 5.91 Å². The number of nitrogens with one attached hydrogen (secondary N) is 1. The van der Waals surface area contributed by atoms with Crippen molar-refractivity contribution in [2.24, 2.45) is 0 Å². The molecule has 1 N–H and O–H groups in total. The Morgan fingerprint density at radius 2 is 2.08 bits per heavy atom. The molecule has 134 valence electrons. The number of benzene rings is 1. The summed E-state index contributed by atoms with van der Waals surface area (Å²) >= 11 is 3.38. The third-order valence-corrected chi connectivity index (χ3v) is 6.92. The third-order valence-electron chi connectivity index (χ3n) is 4.70. The second-order valence-corrected chi connectivity index (χ2v) is 8.64. The summed E-state index contributed by atoms with van der Waals surface area (Å²) in [6.45, 7) is 2.01. The van der Waals surface area contributed by atoms with Crippen molar-refractivity contribution in [2.75, 3.05) is 13.6 Å². The van der Waals surface area contributed by atoms with Crippen molar-refractivity contribution in [1.82, 2.24) is 15.2 Å². The summed E-state index contributed by atoms with van der Waals surface area (Å²) < 4.78 is 0. The number of hydrogen-bond donors (Lipinski definition) is 1. The van der Waals surface area contributed by atoms with Gasteiger partial charge in [-0.3, -0.25) is 9.69 Å². The highest BCUT2D eigenvalue weighted by molar-refractivity contribution is 7.15. The summed E-state index contributed by atoms with van der Waals surface area (Å²) in [4.78, 5) is 22.3. The van der Waals surface area contributed by atoms with Crippen LogP contribution in [0.1, 0.15) is 38.3 Å². The maximum atomic E-state index is 11.8. The molecule has 0 spiro atoms. The summed E-state index contributed by atoms with van der Waals surface area (Å²) in [5.74, 6) is 0.000701. The minimum absolute atomic E-state index is 0.000701. The van der Waals surface area contributed by atoms with E-state index in [0.717, 1.165) is 29.4 Å². The van der Waals surface area contributed by atoms with Gasteiger partial charge in [0.25, 0.3) is 5.91 Å². The number of carbonyl (C=O) groups excluding carboxylic acids is 1. The van der Waals surface area contributed by atoms with Crippen LogP contribution in [0, 0.1) is 0 Å². The molecule has 1 atom stereocenters. The molecule has 0 bridgehead atoms. The molecule has 3 aromatic rings. The molecule has 26 heavy (non-hydrogen) atoms. The third kappa shape index (κ3) is 3.58. The Morgan fingerprint density at radius 1 is 1.23 bits per heavy atom. The summed E-state index contributed by atoms with van der Waals surface area (Å²) in [5.41, 5.74) is 1.18. The van der Waals surface area contributed by atoms with Gasteiger partial charge in [-0.1, -0.05) is 30.3 Å². The molecule has 1 aliphatic heterocycles. The summed E-state index contributed by atoms with van der Waals surface area (Å²) in [6, 6.07) is 14.8. The maximum absolute atomic E-state index is 11.8. The van der Waals surface area contributed by atoms with Crippen LogP contribution in [-0.2, 0) is 6.54 Å². The van der Waals surface area contributed by atoms with E-state index in [0.29, 0.717) is 6.04 Å². The van der Waals surface area contributed by atoms with Crippen LogP contribution in [0.3, 0.4) is 0 Å². The Labute approximate surface area is 161 Å². The molecule has 1 saturated heterocycles. The molecular formula is C20H21N3OS2. The molecule has 0 aliphatic carbocycles. The zero-order valence-corrected chi connectivity index (χ0v) is 16.3. The molecule has 0 saturated carbocycles. The van der Waals surface area contributed by atoms with Crippen LogP contribution >= 0.6 is 22.7 Å². The Morgan fingerprint density at radius 3 is 2.88 bits per heavy atom. The summed E-state index contributed by atoms with van der Waals surface area (Å²) in [5, 5.41) is 3.78. The maximum Gasteiger partial charge on any atom is 0.261 e. The van der Waals surface area contributed by atoms with Gasteiger partial charge < -0.3 is 5.32 Å². The molecule has 6 heteroatoms. The minimum Gasteiger partial charge on any atom is -0.354 e. The monoisotopic (exact) mass is 383 g/mol. The summed E-state index contributed by atoms with van der Waals surface area (Å²) in [6.07, 6.45) is 4.35. The second kappa shape index (κ2) is 7.70. The minimum atomic E-state index is 0.000701. The highest BCUT2D eigenvalue weighted by atomic mass is 32.1. The second-order valence-electron chi connectivity index (χ2n) is 6.41. The van der Waals surface area contributed by atoms with Crippen molar-refractivity contribution in [3.8, 4) is 10.6 Å². The van der Waals surface area contributed by atoms with Gasteiger partial charge >= 0.3 is 0 Å². The van der Waals surface area contributed by atoms with E-state index in [1.54, 1.807) is 29.7 Å². The van der Waals surface area contributed by atoms with E-state index in [1.807, 2.05) is 30.5 Å². The number of nitrogens with zero attached hydrogens (tertiary/aromatic N) is 2. The van der Waals surface area contributed by atoms with Gasteiger partial charge in [-0.2, -0.15) is 0 Å². The van der Waals surface area contributed by atoms with Gasteiger partial charge in [0.2, 0.25) is 0 Å². The van der Waals surface area contributed by atoms with Crippen LogP contribution in [0.15, 0.2) is 48.7 Å². The zero-order chi connectivity index (χ0) is 17.9. The van der Waals surface area contributed by atoms with E-state index in [4.69, 9.17) is 0 Å². The largest absolute Gasteiger partial charge is 0.354 e. The van der Waals surface area contributed by atoms with Gasteiger partial charge in [-0.25, -0.2) is 4.98 Å². The topological polar surface area (TPSA) is 45.2 Å². The van der Waals surface area contributed by atoms with Gasteiger partial charge in [0, 0.05) is 41.1 Å². The Kier molecular flexibility index (Phi) is 5.15. The smallest absolute Gasteiger partial charge is 0.261 e. The highest BCUT2D eigenvalue weighted by Gasteiger charge is 2.28. The van der Waals surface area contributed by atoms with Crippen molar-refractivity contribution < 1.29 is 4.79 Å². The van der Waals surface area contributed by atoms with E-state index in [9.17, 15) is 4.79 Å². The molecule has 4 nitrogen and oxygen atoms in total. The van der Waals surface area contributed by atoms with Crippen molar-refractivity contribution in [1.29, 1.82) is 0 Å². The first-order valence-corrected chi connectivity index (χ1v) is 10.4. The molecule has 2 aromatic heterocycles. The number of amides is 1. The van der Waals surface area contributed by atoms with Gasteiger partial charge in [0.15, 0.2) is 0 Å². The Balaban J connectivity index is 1.48. The van der Waals surface area contributed by atoms with Crippen LogP contribution in [-0.4, -0.2) is 29.4 Å². The number of thiophene rings is 1. The van der Waals surface area contributed by atoms with Crippen LogP contribution in [0.4, 0.5) is 0 Å². The number of thiazole rings is 1. The summed E-state index contributed by atoms with van der Waals surface area (Å²) in [7, 11) is 1.68. The number of rotatable bonds is 5. The van der Waals surface area contributed by atoms with Gasteiger partial charge in [-0.05, 0) is 31.5 Å². The fourth-order valence-corrected chi connectivity index (χ4v) is 5.48. The first-order chi connectivity index (χ1) is 12.7. The van der Waals surface area contributed by atoms with Crippen molar-refractivity contribution >= 4 is 28.6 Å². The van der Waals surface area contributed by atoms with Gasteiger partial charge in [0.05, 0.1) is 4.88 Å². The Bertz CT molecular complexity index is 887. The lowest BCUT2D eigenvalue weighted by Gasteiger charge is -2.22. The normalized spacial score (nSPS) is 17.5. The average molecular weight is 384 g/mol. The molecule has 0 radical (unpaired) electrons. The predicted octanol–water partition coefficient (Wildman–Crippen LogP) is 4.57. The number of likely N-dealkylation sites (tertiary alicyclic amines) is 1. The fourth-order valence-electron chi connectivity index (χ4n) is 3.41. The molecule has 0 unspecified atom stereocenters. The van der Waals surface area contributed by atoms with E-state index in [2.05, 4.69) is 33.4 Å². The Hall–Kier alpha value is -2.02. The van der Waals surface area contributed by atoms with Crippen molar-refractivity contribution in [3.05, 3.63) is 63.3 Å². The first-order valence-electron chi connectivity index (χ1n) is 8.80. The van der Waals surface area contributed by atoms with Crippen LogP contribution in [0.25, 0.3) is 10.6 Å². The molecular weight excluding hydrogens is 362 g/mol. The molecule has 1 aliphatic rings. The quantitative estimate of drug-likeness (QED) is 0.702. The van der Waals surface area contributed by atoms with Crippen LogP contribution < -0.4 is 5.32 Å². The molecule has 1 fully saturated rings. The SMILES string of the molecule is CNC(=O)c1ccc([C@@H]2CCCN2Cc2cnc(-c3ccccc3)s2)s1. The fraction of sp³-hybridized carbons (Fsp3) is 0.300. The highest BCUT2D eigenvalue weighted by Crippen LogP contribution is 2.37. The lowest BCUT2D eigenvalue weighted by molar-refractivity contribution is 0.0967.